The van der Waals surface area contributed by atoms with Crippen LogP contribution in [0.1, 0.15) is 44.7 Å². The molecule has 0 N–H and O–H groups in total. The first kappa shape index (κ1) is 21.7. The van der Waals surface area contributed by atoms with Crippen LogP contribution in [0, 0.1) is 12.3 Å². The first-order chi connectivity index (χ1) is 14.5. The van der Waals surface area contributed by atoms with Gasteiger partial charge in [-0.1, -0.05) is 11.6 Å². The van der Waals surface area contributed by atoms with Crippen molar-refractivity contribution in [3.8, 4) is 0 Å². The summed E-state index contributed by atoms with van der Waals surface area (Å²) < 4.78 is 41.0. The molecule has 10 heteroatoms. The van der Waals surface area contributed by atoms with Crippen LogP contribution < -0.4 is 0 Å². The highest BCUT2D eigenvalue weighted by Crippen LogP contribution is 2.42. The summed E-state index contributed by atoms with van der Waals surface area (Å²) >= 11 is 6.07. The largest absolute Gasteiger partial charge is 0.418 e. The summed E-state index contributed by atoms with van der Waals surface area (Å²) in [4.78, 5) is 32.7. The molecule has 2 saturated heterocycles. The summed E-state index contributed by atoms with van der Waals surface area (Å²) in [6, 6.07) is 1.71. The maximum Gasteiger partial charge on any atom is 0.418 e. The van der Waals surface area contributed by atoms with Crippen LogP contribution in [0.25, 0.3) is 0 Å². The molecule has 1 spiro atoms. The maximum absolute atomic E-state index is 13.3. The van der Waals surface area contributed by atoms with Crippen LogP contribution in [0.4, 0.5) is 13.2 Å². The second kappa shape index (κ2) is 7.55. The van der Waals surface area contributed by atoms with Crippen LogP contribution in [0.5, 0.6) is 0 Å². The third-order valence-corrected chi connectivity index (χ3v) is 6.45. The van der Waals surface area contributed by atoms with Crippen LogP contribution >= 0.6 is 11.6 Å². The topological polar surface area (TPSA) is 58.4 Å². The van der Waals surface area contributed by atoms with E-state index in [2.05, 4.69) is 4.98 Å². The van der Waals surface area contributed by atoms with E-state index in [1.54, 1.807) is 17.2 Å². The smallest absolute Gasteiger partial charge is 0.356 e. The molecule has 0 bridgehead atoms. The molecule has 0 saturated carbocycles. The van der Waals surface area contributed by atoms with E-state index in [4.69, 9.17) is 11.6 Å². The molecule has 166 valence electrons. The van der Waals surface area contributed by atoms with E-state index < -0.39 is 17.6 Å². The van der Waals surface area contributed by atoms with Crippen LogP contribution in [-0.2, 0) is 13.2 Å². The van der Waals surface area contributed by atoms with Gasteiger partial charge in [0, 0.05) is 57.2 Å². The quantitative estimate of drug-likeness (QED) is 0.649. The zero-order valence-corrected chi connectivity index (χ0v) is 17.9. The molecular weight excluding hydrogens is 433 g/mol. The third-order valence-electron chi connectivity index (χ3n) is 6.15. The van der Waals surface area contributed by atoms with E-state index in [1.165, 1.54) is 22.7 Å². The average Bonchev–Trinajstić information content (AvgIpc) is 3.09. The van der Waals surface area contributed by atoms with Gasteiger partial charge in [0.05, 0.1) is 16.7 Å². The minimum Gasteiger partial charge on any atom is -0.356 e. The monoisotopic (exact) mass is 454 g/mol. The number of pyridine rings is 1. The van der Waals surface area contributed by atoms with Gasteiger partial charge in [-0.15, -0.1) is 0 Å². The van der Waals surface area contributed by atoms with Crippen molar-refractivity contribution in [3.05, 3.63) is 52.1 Å². The van der Waals surface area contributed by atoms with Gasteiger partial charge in [0.2, 0.25) is 0 Å². The molecule has 2 aliphatic rings. The van der Waals surface area contributed by atoms with Crippen LogP contribution in [0.2, 0.25) is 5.15 Å². The number of piperidine rings is 1. The summed E-state index contributed by atoms with van der Waals surface area (Å²) in [7, 11) is 1.47. The van der Waals surface area contributed by atoms with Gasteiger partial charge in [-0.05, 0) is 31.4 Å². The summed E-state index contributed by atoms with van der Waals surface area (Å²) in [5.41, 5.74) is -0.135. The lowest BCUT2D eigenvalue weighted by atomic mass is 9.71. The van der Waals surface area contributed by atoms with Gasteiger partial charge in [0.25, 0.3) is 11.8 Å². The minimum absolute atomic E-state index is 0.111. The molecule has 4 rings (SSSR count). The number of amides is 2. The number of aryl methyl sites for hydroxylation is 2. The predicted molar refractivity (Wildman–Crippen MR) is 108 cm³/mol. The van der Waals surface area contributed by atoms with Crippen molar-refractivity contribution in [1.82, 2.24) is 19.4 Å². The highest BCUT2D eigenvalue weighted by atomic mass is 35.5. The van der Waals surface area contributed by atoms with Gasteiger partial charge >= 0.3 is 6.18 Å². The SMILES string of the molecule is Cc1cnc(Cl)c(C(=O)N2CC3(CCN(C(=O)c4cn(C)cc4C(F)(F)F)CC3)C2)c1. The number of nitrogens with zero attached hydrogens (tertiary/aromatic N) is 4. The number of hydrogen-bond donors (Lipinski definition) is 0. The highest BCUT2D eigenvalue weighted by molar-refractivity contribution is 6.32. The number of halogens is 4. The Morgan fingerprint density at radius 3 is 2.29 bits per heavy atom. The maximum atomic E-state index is 13.3. The Morgan fingerprint density at radius 2 is 1.68 bits per heavy atom. The Hall–Kier alpha value is -2.55. The van der Waals surface area contributed by atoms with Crippen LogP contribution in [-0.4, -0.2) is 57.3 Å². The number of likely N-dealkylation sites (tertiary alicyclic amines) is 2. The Morgan fingerprint density at radius 1 is 1.06 bits per heavy atom. The third kappa shape index (κ3) is 4.03. The lowest BCUT2D eigenvalue weighted by Crippen LogP contribution is -2.62. The van der Waals surface area contributed by atoms with E-state index in [0.717, 1.165) is 11.8 Å². The van der Waals surface area contributed by atoms with Gasteiger partial charge in [-0.25, -0.2) is 4.98 Å². The zero-order valence-electron chi connectivity index (χ0n) is 17.2. The molecule has 0 atom stereocenters. The average molecular weight is 455 g/mol. The molecule has 2 aromatic heterocycles. The summed E-state index contributed by atoms with van der Waals surface area (Å²) in [5.74, 6) is -0.780. The first-order valence-electron chi connectivity index (χ1n) is 9.93. The van der Waals surface area contributed by atoms with E-state index >= 15 is 0 Å². The molecule has 4 heterocycles. The van der Waals surface area contributed by atoms with Crippen molar-refractivity contribution >= 4 is 23.4 Å². The molecule has 0 aliphatic carbocycles. The van der Waals surface area contributed by atoms with Gasteiger partial charge in [0.15, 0.2) is 0 Å². The summed E-state index contributed by atoms with van der Waals surface area (Å²) in [5, 5.41) is 0.167. The van der Waals surface area contributed by atoms with Crippen LogP contribution in [0.3, 0.4) is 0 Å². The molecule has 0 radical (unpaired) electrons. The van der Waals surface area contributed by atoms with Gasteiger partial charge < -0.3 is 14.4 Å². The predicted octanol–water partition coefficient (Wildman–Crippen LogP) is 3.78. The number of alkyl halides is 3. The second-order valence-electron chi connectivity index (χ2n) is 8.55. The minimum atomic E-state index is -4.58. The second-order valence-corrected chi connectivity index (χ2v) is 8.91. The highest BCUT2D eigenvalue weighted by Gasteiger charge is 2.48. The Balaban J connectivity index is 1.39. The Labute approximate surface area is 182 Å². The molecule has 2 fully saturated rings. The van der Waals surface area contributed by atoms with Crippen molar-refractivity contribution in [2.24, 2.45) is 12.5 Å². The molecular formula is C21H22ClF3N4O2. The molecule has 31 heavy (non-hydrogen) atoms. The first-order valence-corrected chi connectivity index (χ1v) is 10.3. The van der Waals surface area contributed by atoms with E-state index in [1.807, 2.05) is 6.92 Å². The Bertz CT molecular complexity index is 1030. The summed E-state index contributed by atoms with van der Waals surface area (Å²) in [6.07, 6.45) is 0.440. The number of carbonyl (C=O) groups is 2. The van der Waals surface area contributed by atoms with Crippen molar-refractivity contribution in [1.29, 1.82) is 0 Å². The van der Waals surface area contributed by atoms with E-state index in [0.29, 0.717) is 44.6 Å². The molecule has 2 aliphatic heterocycles. The standard InChI is InChI=1S/C21H22ClF3N4O2/c1-13-7-14(17(22)26-8-13)18(30)29-11-20(12-29)3-5-28(6-4-20)19(31)15-9-27(2)10-16(15)21(23,24)25/h7-10H,3-6,11-12H2,1-2H3. The molecule has 6 nitrogen and oxygen atoms in total. The number of rotatable bonds is 2. The van der Waals surface area contributed by atoms with E-state index in [-0.39, 0.29) is 22.0 Å². The fraction of sp³-hybridized carbons (Fsp3) is 0.476. The molecule has 0 unspecified atom stereocenters. The van der Waals surface area contributed by atoms with Gasteiger partial charge in [-0.3, -0.25) is 9.59 Å². The molecule has 2 aromatic rings. The van der Waals surface area contributed by atoms with Crippen molar-refractivity contribution in [2.75, 3.05) is 26.2 Å². The lowest BCUT2D eigenvalue weighted by Gasteiger charge is -2.54. The fourth-order valence-corrected chi connectivity index (χ4v) is 4.61. The molecule has 0 aromatic carbocycles. The number of carbonyl (C=O) groups excluding carboxylic acids is 2. The van der Waals surface area contributed by atoms with Crippen molar-refractivity contribution < 1.29 is 22.8 Å². The molecule has 2 amide bonds. The van der Waals surface area contributed by atoms with Gasteiger partial charge in [0.1, 0.15) is 5.15 Å². The van der Waals surface area contributed by atoms with Crippen molar-refractivity contribution in [3.63, 3.8) is 0 Å². The van der Waals surface area contributed by atoms with Crippen LogP contribution in [0.15, 0.2) is 24.7 Å². The normalized spacial score (nSPS) is 18.3. The zero-order chi connectivity index (χ0) is 22.6. The number of aromatic nitrogens is 2. The van der Waals surface area contributed by atoms with E-state index in [9.17, 15) is 22.8 Å². The van der Waals surface area contributed by atoms with Crippen molar-refractivity contribution in [2.45, 2.75) is 25.9 Å². The lowest BCUT2D eigenvalue weighted by molar-refractivity contribution is -0.138. The Kier molecular flexibility index (Phi) is 5.28. The van der Waals surface area contributed by atoms with Gasteiger partial charge in [-0.2, -0.15) is 13.2 Å². The summed E-state index contributed by atoms with van der Waals surface area (Å²) in [6.45, 7) is 3.63. The fourth-order valence-electron chi connectivity index (χ4n) is 4.43. The number of hydrogen-bond acceptors (Lipinski definition) is 3.